The lowest BCUT2D eigenvalue weighted by molar-refractivity contribution is 0.105. The summed E-state index contributed by atoms with van der Waals surface area (Å²) in [5.41, 5.74) is 6.62. The Morgan fingerprint density at radius 3 is 2.85 bits per heavy atom. The molecular formula is C13H19ClN2O3S. The Hall–Kier alpha value is -0.820. The highest BCUT2D eigenvalue weighted by Gasteiger charge is 2.19. The predicted octanol–water partition coefficient (Wildman–Crippen LogP) is 2.08. The van der Waals surface area contributed by atoms with E-state index in [1.54, 1.807) is 6.92 Å². The van der Waals surface area contributed by atoms with Crippen LogP contribution in [0.3, 0.4) is 0 Å². The molecule has 1 unspecified atom stereocenters. The second kappa shape index (κ2) is 6.30. The highest BCUT2D eigenvalue weighted by molar-refractivity contribution is 7.89. The number of nitrogens with one attached hydrogen (secondary N) is 1. The van der Waals surface area contributed by atoms with Gasteiger partial charge in [0, 0.05) is 13.2 Å². The first-order valence-corrected chi connectivity index (χ1v) is 8.43. The van der Waals surface area contributed by atoms with E-state index >= 15 is 0 Å². The van der Waals surface area contributed by atoms with Gasteiger partial charge in [0.05, 0.1) is 21.7 Å². The number of aryl methyl sites for hydroxylation is 1. The summed E-state index contributed by atoms with van der Waals surface area (Å²) in [5.74, 6) is 0. The van der Waals surface area contributed by atoms with Crippen LogP contribution in [0.5, 0.6) is 0 Å². The van der Waals surface area contributed by atoms with Crippen LogP contribution in [0.15, 0.2) is 17.0 Å². The third-order valence-electron chi connectivity index (χ3n) is 3.35. The molecule has 0 radical (unpaired) electrons. The minimum atomic E-state index is -3.56. The van der Waals surface area contributed by atoms with Gasteiger partial charge in [-0.25, -0.2) is 13.1 Å². The molecule has 1 heterocycles. The van der Waals surface area contributed by atoms with Gasteiger partial charge in [-0.3, -0.25) is 0 Å². The molecule has 0 bridgehead atoms. The Morgan fingerprint density at radius 1 is 1.50 bits per heavy atom. The predicted molar refractivity (Wildman–Crippen MR) is 79.4 cm³/mol. The summed E-state index contributed by atoms with van der Waals surface area (Å²) in [4.78, 5) is 0.143. The Balaban J connectivity index is 2.02. The van der Waals surface area contributed by atoms with Gasteiger partial charge in [-0.15, -0.1) is 0 Å². The second-order valence-electron chi connectivity index (χ2n) is 4.96. The molecular weight excluding hydrogens is 300 g/mol. The van der Waals surface area contributed by atoms with Crippen molar-refractivity contribution in [3.8, 4) is 0 Å². The largest absolute Gasteiger partial charge is 0.397 e. The van der Waals surface area contributed by atoms with E-state index in [0.29, 0.717) is 23.6 Å². The van der Waals surface area contributed by atoms with Gasteiger partial charge < -0.3 is 10.5 Å². The lowest BCUT2D eigenvalue weighted by Crippen LogP contribution is -2.27. The maximum absolute atomic E-state index is 12.2. The zero-order chi connectivity index (χ0) is 14.8. The quantitative estimate of drug-likeness (QED) is 0.814. The Labute approximate surface area is 124 Å². The summed E-state index contributed by atoms with van der Waals surface area (Å²) in [6, 6.07) is 2.90. The number of rotatable bonds is 5. The van der Waals surface area contributed by atoms with Crippen LogP contribution in [0.25, 0.3) is 0 Å². The fraction of sp³-hybridized carbons (Fsp3) is 0.538. The monoisotopic (exact) mass is 318 g/mol. The Bertz CT molecular complexity index is 560. The number of nitrogen functional groups attached to an aromatic ring is 1. The summed E-state index contributed by atoms with van der Waals surface area (Å²) in [6.45, 7) is 2.85. The molecule has 0 saturated carbocycles. The van der Waals surface area contributed by atoms with Crippen molar-refractivity contribution in [2.45, 2.75) is 37.2 Å². The van der Waals surface area contributed by atoms with Crippen LogP contribution in [0.1, 0.15) is 24.8 Å². The average Bonchev–Trinajstić information content (AvgIpc) is 2.88. The van der Waals surface area contributed by atoms with Crippen LogP contribution in [-0.4, -0.2) is 27.7 Å². The van der Waals surface area contributed by atoms with E-state index in [4.69, 9.17) is 22.1 Å². The normalized spacial score (nSPS) is 19.4. The van der Waals surface area contributed by atoms with Crippen LogP contribution < -0.4 is 10.5 Å². The third kappa shape index (κ3) is 3.63. The summed E-state index contributed by atoms with van der Waals surface area (Å²) in [5, 5.41) is 0.392. The van der Waals surface area contributed by atoms with Crippen molar-refractivity contribution in [3.63, 3.8) is 0 Å². The van der Waals surface area contributed by atoms with E-state index < -0.39 is 10.0 Å². The van der Waals surface area contributed by atoms with E-state index in [1.807, 2.05) is 0 Å². The van der Waals surface area contributed by atoms with Gasteiger partial charge in [0.15, 0.2) is 0 Å². The highest BCUT2D eigenvalue weighted by Crippen LogP contribution is 2.26. The van der Waals surface area contributed by atoms with Crippen molar-refractivity contribution in [3.05, 3.63) is 22.7 Å². The first kappa shape index (κ1) is 15.6. The van der Waals surface area contributed by atoms with E-state index in [1.165, 1.54) is 12.1 Å². The number of sulfonamides is 1. The number of nitrogens with two attached hydrogens (primary N) is 1. The molecule has 3 N–H and O–H groups in total. The van der Waals surface area contributed by atoms with Crippen molar-refractivity contribution in [1.82, 2.24) is 4.72 Å². The summed E-state index contributed by atoms with van der Waals surface area (Å²) < 4.78 is 32.4. The molecule has 1 fully saturated rings. The number of hydrogen-bond acceptors (Lipinski definition) is 4. The van der Waals surface area contributed by atoms with Crippen molar-refractivity contribution in [2.24, 2.45) is 0 Å². The zero-order valence-corrected chi connectivity index (χ0v) is 12.9. The smallest absolute Gasteiger partial charge is 0.240 e. The molecule has 0 aromatic heterocycles. The molecule has 0 aliphatic carbocycles. The van der Waals surface area contributed by atoms with E-state index in [-0.39, 0.29) is 16.7 Å². The molecule has 1 atom stereocenters. The molecule has 7 heteroatoms. The Morgan fingerprint density at radius 2 is 2.25 bits per heavy atom. The zero-order valence-electron chi connectivity index (χ0n) is 11.4. The van der Waals surface area contributed by atoms with Gasteiger partial charge in [-0.2, -0.15) is 0 Å². The third-order valence-corrected chi connectivity index (χ3v) is 5.31. The number of hydrogen-bond donors (Lipinski definition) is 2. The molecule has 20 heavy (non-hydrogen) atoms. The van der Waals surface area contributed by atoms with Crippen LogP contribution in [0.4, 0.5) is 5.69 Å². The average molecular weight is 319 g/mol. The second-order valence-corrected chi connectivity index (χ2v) is 7.11. The van der Waals surface area contributed by atoms with Crippen LogP contribution >= 0.6 is 11.6 Å². The van der Waals surface area contributed by atoms with Crippen LogP contribution in [-0.2, 0) is 14.8 Å². The van der Waals surface area contributed by atoms with E-state index in [2.05, 4.69) is 4.72 Å². The fourth-order valence-corrected chi connectivity index (χ4v) is 3.50. The minimum absolute atomic E-state index is 0.143. The van der Waals surface area contributed by atoms with Crippen LogP contribution in [0.2, 0.25) is 5.02 Å². The lowest BCUT2D eigenvalue weighted by Gasteiger charge is -2.12. The molecule has 1 aromatic rings. The molecule has 1 aliphatic heterocycles. The van der Waals surface area contributed by atoms with Crippen molar-refractivity contribution in [2.75, 3.05) is 18.9 Å². The summed E-state index contributed by atoms with van der Waals surface area (Å²) in [6.07, 6.45) is 2.88. The summed E-state index contributed by atoms with van der Waals surface area (Å²) in [7, 11) is -3.56. The van der Waals surface area contributed by atoms with Gasteiger partial charge >= 0.3 is 0 Å². The van der Waals surface area contributed by atoms with E-state index in [0.717, 1.165) is 19.4 Å². The van der Waals surface area contributed by atoms with Gasteiger partial charge in [0.25, 0.3) is 0 Å². The molecule has 1 aliphatic rings. The first-order chi connectivity index (χ1) is 9.40. The molecule has 1 saturated heterocycles. The topological polar surface area (TPSA) is 81.4 Å². The van der Waals surface area contributed by atoms with Gasteiger partial charge in [0.1, 0.15) is 0 Å². The SMILES string of the molecule is Cc1cc(S(=O)(=O)NCCC2CCCO2)cc(N)c1Cl. The maximum atomic E-state index is 12.2. The van der Waals surface area contributed by atoms with Gasteiger partial charge in [-0.05, 0) is 43.9 Å². The fourth-order valence-electron chi connectivity index (χ4n) is 2.23. The molecule has 2 rings (SSSR count). The number of benzene rings is 1. The molecule has 5 nitrogen and oxygen atoms in total. The van der Waals surface area contributed by atoms with E-state index in [9.17, 15) is 8.42 Å². The Kier molecular flexibility index (Phi) is 4.90. The standard InChI is InChI=1S/C13H19ClN2O3S/c1-9-7-11(8-12(15)13(9)14)20(17,18)16-5-4-10-3-2-6-19-10/h7-8,10,16H,2-6,15H2,1H3. The highest BCUT2D eigenvalue weighted by atomic mass is 35.5. The first-order valence-electron chi connectivity index (χ1n) is 6.57. The molecule has 1 aromatic carbocycles. The minimum Gasteiger partial charge on any atom is -0.397 e. The lowest BCUT2D eigenvalue weighted by atomic mass is 10.2. The molecule has 112 valence electrons. The van der Waals surface area contributed by atoms with Crippen molar-refractivity contribution >= 4 is 27.3 Å². The van der Waals surface area contributed by atoms with Crippen LogP contribution in [0, 0.1) is 6.92 Å². The number of anilines is 1. The molecule has 0 amide bonds. The number of ether oxygens (including phenoxy) is 1. The van der Waals surface area contributed by atoms with Crippen molar-refractivity contribution < 1.29 is 13.2 Å². The summed E-state index contributed by atoms with van der Waals surface area (Å²) >= 11 is 5.93. The molecule has 0 spiro atoms. The van der Waals surface area contributed by atoms with Gasteiger partial charge in [-0.1, -0.05) is 11.6 Å². The van der Waals surface area contributed by atoms with Crippen molar-refractivity contribution in [1.29, 1.82) is 0 Å². The number of halogens is 1. The maximum Gasteiger partial charge on any atom is 0.240 e. The van der Waals surface area contributed by atoms with Gasteiger partial charge in [0.2, 0.25) is 10.0 Å².